The van der Waals surface area contributed by atoms with Crippen LogP contribution >= 0.6 is 11.8 Å². The topological polar surface area (TPSA) is 80.7 Å². The summed E-state index contributed by atoms with van der Waals surface area (Å²) in [4.78, 5) is 31.7. The van der Waals surface area contributed by atoms with Gasteiger partial charge in [-0.3, -0.25) is 9.59 Å². The molecule has 1 atom stereocenters. The van der Waals surface area contributed by atoms with Gasteiger partial charge < -0.3 is 9.84 Å². The molecule has 0 radical (unpaired) electrons. The van der Waals surface area contributed by atoms with Crippen LogP contribution in [0.5, 0.6) is 0 Å². The fraction of sp³-hybridized carbons (Fsp3) is 0.625. The van der Waals surface area contributed by atoms with Crippen molar-refractivity contribution >= 4 is 28.8 Å². The summed E-state index contributed by atoms with van der Waals surface area (Å²) in [5, 5.41) is 8.15. The van der Waals surface area contributed by atoms with Crippen molar-refractivity contribution in [3.63, 3.8) is 0 Å². The highest BCUT2D eigenvalue weighted by Gasteiger charge is 2.16. The Kier molecular flexibility index (Phi) is 5.94. The lowest BCUT2D eigenvalue weighted by Crippen LogP contribution is -2.20. The summed E-state index contributed by atoms with van der Waals surface area (Å²) in [5.41, 5.74) is 0. The predicted octanol–water partition coefficient (Wildman–Crippen LogP) is 0.530. The number of ether oxygens (including phenoxy) is 1. The van der Waals surface area contributed by atoms with Gasteiger partial charge in [0.05, 0.1) is 5.92 Å². The van der Waals surface area contributed by atoms with Crippen molar-refractivity contribution in [3.8, 4) is 0 Å². The molecule has 0 saturated heterocycles. The lowest BCUT2D eigenvalue weighted by atomic mass is 10.2. The fourth-order valence-electron chi connectivity index (χ4n) is 0.586. The van der Waals surface area contributed by atoms with Crippen LogP contribution < -0.4 is 0 Å². The molecule has 0 aromatic rings. The molecule has 0 spiro atoms. The maximum Gasteiger partial charge on any atom is 0.341 e. The van der Waals surface area contributed by atoms with Crippen molar-refractivity contribution in [2.75, 3.05) is 12.4 Å². The Labute approximate surface area is 85.8 Å². The van der Waals surface area contributed by atoms with Crippen LogP contribution in [0.15, 0.2) is 0 Å². The number of hydrogen-bond acceptors (Lipinski definition) is 5. The van der Waals surface area contributed by atoms with Gasteiger partial charge in [0.15, 0.2) is 11.7 Å². The predicted molar refractivity (Wildman–Crippen MR) is 50.9 cm³/mol. The average Bonchev–Trinajstić information content (AvgIpc) is 2.09. The first-order valence-electron chi connectivity index (χ1n) is 3.95. The van der Waals surface area contributed by atoms with E-state index in [1.54, 1.807) is 6.92 Å². The van der Waals surface area contributed by atoms with Crippen LogP contribution in [0.25, 0.3) is 0 Å². The average molecular weight is 220 g/mol. The van der Waals surface area contributed by atoms with Crippen molar-refractivity contribution in [3.05, 3.63) is 0 Å². The molecule has 0 fully saturated rings. The van der Waals surface area contributed by atoms with E-state index in [0.717, 1.165) is 11.8 Å². The van der Waals surface area contributed by atoms with E-state index in [2.05, 4.69) is 4.74 Å². The van der Waals surface area contributed by atoms with Crippen LogP contribution in [-0.4, -0.2) is 34.5 Å². The molecule has 6 heteroatoms. The van der Waals surface area contributed by atoms with Crippen LogP contribution in [0.1, 0.15) is 13.8 Å². The fourth-order valence-corrected chi connectivity index (χ4v) is 1.21. The maximum atomic E-state index is 11.0. The first kappa shape index (κ1) is 13.0. The molecule has 0 saturated carbocycles. The zero-order valence-electron chi connectivity index (χ0n) is 7.98. The van der Waals surface area contributed by atoms with E-state index in [-0.39, 0.29) is 5.12 Å². The minimum absolute atomic E-state index is 0.0807. The highest BCUT2D eigenvalue weighted by molar-refractivity contribution is 8.13. The number of thioether (sulfide) groups is 1. The van der Waals surface area contributed by atoms with E-state index < -0.39 is 24.5 Å². The largest absolute Gasteiger partial charge is 0.479 e. The molecule has 0 aliphatic rings. The van der Waals surface area contributed by atoms with Gasteiger partial charge in [-0.1, -0.05) is 18.7 Å². The third kappa shape index (κ3) is 6.47. The molecule has 0 aliphatic heterocycles. The number of carbonyl (C=O) groups excluding carboxylic acids is 2. The third-order valence-electron chi connectivity index (χ3n) is 1.28. The van der Waals surface area contributed by atoms with E-state index in [9.17, 15) is 14.4 Å². The summed E-state index contributed by atoms with van der Waals surface area (Å²) in [5.74, 6) is -1.94. The second kappa shape index (κ2) is 6.42. The molecule has 1 N–H and O–H groups in total. The summed E-state index contributed by atoms with van der Waals surface area (Å²) in [6.45, 7) is 2.36. The molecule has 0 heterocycles. The normalized spacial score (nSPS) is 11.9. The zero-order chi connectivity index (χ0) is 11.1. The second-order valence-electron chi connectivity index (χ2n) is 2.71. The second-order valence-corrected chi connectivity index (χ2v) is 3.90. The standard InChI is InChI=1S/C8H12O5S/c1-5(4-14-6(2)9)8(12)13-3-7(10)11/h5H,3-4H2,1-2H3,(H,10,11). The summed E-state index contributed by atoms with van der Waals surface area (Å²) in [7, 11) is 0. The van der Waals surface area contributed by atoms with Crippen LogP contribution in [0.3, 0.4) is 0 Å². The number of carboxylic acid groups (broad SMARTS) is 1. The summed E-state index contributed by atoms with van der Waals surface area (Å²) >= 11 is 1.01. The van der Waals surface area contributed by atoms with Gasteiger partial charge in [-0.15, -0.1) is 0 Å². The van der Waals surface area contributed by atoms with Crippen LogP contribution in [0.2, 0.25) is 0 Å². The SMILES string of the molecule is CC(=O)SCC(C)C(=O)OCC(=O)O. The minimum atomic E-state index is -1.19. The maximum absolute atomic E-state index is 11.0. The van der Waals surface area contributed by atoms with E-state index in [1.807, 2.05) is 0 Å². The van der Waals surface area contributed by atoms with E-state index in [1.165, 1.54) is 6.92 Å². The summed E-state index contributed by atoms with van der Waals surface area (Å²) in [6, 6.07) is 0. The van der Waals surface area contributed by atoms with Gasteiger partial charge in [0.25, 0.3) is 0 Å². The lowest BCUT2D eigenvalue weighted by molar-refractivity contribution is -0.157. The molecule has 0 aliphatic carbocycles. The zero-order valence-corrected chi connectivity index (χ0v) is 8.80. The Bertz CT molecular complexity index is 238. The molecule has 14 heavy (non-hydrogen) atoms. The van der Waals surface area contributed by atoms with Gasteiger partial charge in [0.1, 0.15) is 0 Å². The van der Waals surface area contributed by atoms with Gasteiger partial charge in [0.2, 0.25) is 0 Å². The Balaban J connectivity index is 3.76. The Morgan fingerprint density at radius 3 is 2.43 bits per heavy atom. The quantitative estimate of drug-likeness (QED) is 0.681. The van der Waals surface area contributed by atoms with Crippen molar-refractivity contribution in [1.29, 1.82) is 0 Å². The molecule has 0 bridgehead atoms. The molecule has 80 valence electrons. The molecular weight excluding hydrogens is 208 g/mol. The summed E-state index contributed by atoms with van der Waals surface area (Å²) in [6.07, 6.45) is 0. The number of aliphatic carboxylic acids is 1. The van der Waals surface area contributed by atoms with Crippen LogP contribution in [0.4, 0.5) is 0 Å². The van der Waals surface area contributed by atoms with Crippen molar-refractivity contribution in [1.82, 2.24) is 0 Å². The van der Waals surface area contributed by atoms with Gasteiger partial charge in [-0.25, -0.2) is 4.79 Å². The number of esters is 1. The van der Waals surface area contributed by atoms with E-state index in [0.29, 0.717) is 5.75 Å². The summed E-state index contributed by atoms with van der Waals surface area (Å²) < 4.78 is 4.43. The van der Waals surface area contributed by atoms with Gasteiger partial charge in [-0.2, -0.15) is 0 Å². The molecular formula is C8H12O5S. The molecule has 1 unspecified atom stereocenters. The number of rotatable bonds is 5. The lowest BCUT2D eigenvalue weighted by Gasteiger charge is -2.08. The Morgan fingerprint density at radius 2 is 2.00 bits per heavy atom. The highest BCUT2D eigenvalue weighted by Crippen LogP contribution is 2.10. The van der Waals surface area contributed by atoms with Gasteiger partial charge in [-0.05, 0) is 0 Å². The number of hydrogen-bond donors (Lipinski definition) is 1. The van der Waals surface area contributed by atoms with Crippen molar-refractivity contribution in [2.45, 2.75) is 13.8 Å². The monoisotopic (exact) mass is 220 g/mol. The van der Waals surface area contributed by atoms with E-state index >= 15 is 0 Å². The number of carboxylic acids is 1. The van der Waals surface area contributed by atoms with Gasteiger partial charge >= 0.3 is 11.9 Å². The molecule has 5 nitrogen and oxygen atoms in total. The molecule has 0 aromatic heterocycles. The molecule has 0 amide bonds. The first-order chi connectivity index (χ1) is 6.43. The number of carbonyl (C=O) groups is 3. The van der Waals surface area contributed by atoms with Crippen LogP contribution in [-0.2, 0) is 19.1 Å². The first-order valence-corrected chi connectivity index (χ1v) is 4.94. The highest BCUT2D eigenvalue weighted by atomic mass is 32.2. The van der Waals surface area contributed by atoms with Crippen LogP contribution in [0, 0.1) is 5.92 Å². The smallest absolute Gasteiger partial charge is 0.341 e. The Morgan fingerprint density at radius 1 is 1.43 bits per heavy atom. The van der Waals surface area contributed by atoms with Crippen molar-refractivity contribution < 1.29 is 24.2 Å². The van der Waals surface area contributed by atoms with E-state index in [4.69, 9.17) is 5.11 Å². The minimum Gasteiger partial charge on any atom is -0.479 e. The molecule has 0 rings (SSSR count). The van der Waals surface area contributed by atoms with Gasteiger partial charge in [0, 0.05) is 12.7 Å². The van der Waals surface area contributed by atoms with Crippen molar-refractivity contribution in [2.24, 2.45) is 5.92 Å². The Hall–Kier alpha value is -1.04. The third-order valence-corrected chi connectivity index (χ3v) is 2.35. The molecule has 0 aromatic carbocycles.